The van der Waals surface area contributed by atoms with E-state index in [1.54, 1.807) is 19.1 Å². The van der Waals surface area contributed by atoms with Gasteiger partial charge in [0.2, 0.25) is 5.91 Å². The predicted octanol–water partition coefficient (Wildman–Crippen LogP) is 1.53. The van der Waals surface area contributed by atoms with Gasteiger partial charge in [-0.15, -0.1) is 0 Å². The van der Waals surface area contributed by atoms with Crippen molar-refractivity contribution in [3.63, 3.8) is 0 Å². The Morgan fingerprint density at radius 3 is 2.59 bits per heavy atom. The van der Waals surface area contributed by atoms with Gasteiger partial charge in [-0.2, -0.15) is 0 Å². The largest absolute Gasteiger partial charge is 0.465 e. The SMILES string of the molecule is COC(=O)c1cccc(CN2CCN(CC(=O)Nc3cc(C)on3)CC2)c1. The lowest BCUT2D eigenvalue weighted by molar-refractivity contribution is -0.117. The molecule has 0 bridgehead atoms. The fourth-order valence-corrected chi connectivity index (χ4v) is 3.09. The Balaban J connectivity index is 1.45. The number of ether oxygens (including phenoxy) is 1. The number of anilines is 1. The van der Waals surface area contributed by atoms with Gasteiger partial charge in [0.25, 0.3) is 0 Å². The van der Waals surface area contributed by atoms with Gasteiger partial charge in [0, 0.05) is 38.8 Å². The lowest BCUT2D eigenvalue weighted by Gasteiger charge is -2.34. The first-order valence-electron chi connectivity index (χ1n) is 8.88. The summed E-state index contributed by atoms with van der Waals surface area (Å²) >= 11 is 0. The number of methoxy groups -OCH3 is 1. The molecule has 0 spiro atoms. The Morgan fingerprint density at radius 2 is 1.93 bits per heavy atom. The Bertz CT molecular complexity index is 797. The number of hydrogen-bond donors (Lipinski definition) is 1. The van der Waals surface area contributed by atoms with E-state index in [1.807, 2.05) is 18.2 Å². The van der Waals surface area contributed by atoms with Gasteiger partial charge >= 0.3 is 5.97 Å². The van der Waals surface area contributed by atoms with Crippen LogP contribution in [0, 0.1) is 6.92 Å². The molecule has 144 valence electrons. The minimum absolute atomic E-state index is 0.0949. The van der Waals surface area contributed by atoms with Crippen molar-refractivity contribution in [1.82, 2.24) is 15.0 Å². The second-order valence-corrected chi connectivity index (χ2v) is 6.62. The number of esters is 1. The summed E-state index contributed by atoms with van der Waals surface area (Å²) in [7, 11) is 1.38. The summed E-state index contributed by atoms with van der Waals surface area (Å²) in [6.07, 6.45) is 0. The van der Waals surface area contributed by atoms with E-state index in [0.717, 1.165) is 38.3 Å². The monoisotopic (exact) mass is 372 g/mol. The topological polar surface area (TPSA) is 87.9 Å². The van der Waals surface area contributed by atoms with Gasteiger partial charge in [0.15, 0.2) is 5.82 Å². The molecule has 1 aliphatic rings. The zero-order chi connectivity index (χ0) is 19.2. The first-order chi connectivity index (χ1) is 13.0. The maximum atomic E-state index is 12.1. The molecule has 1 saturated heterocycles. The molecule has 0 atom stereocenters. The Kier molecular flexibility index (Phi) is 6.20. The van der Waals surface area contributed by atoms with Crippen LogP contribution < -0.4 is 5.32 Å². The standard InChI is InChI=1S/C19H24N4O4/c1-14-10-17(21-27-14)20-18(24)13-23-8-6-22(7-9-23)12-15-4-3-5-16(11-15)19(25)26-2/h3-5,10-11H,6-9,12-13H2,1-2H3,(H,20,21,24). The molecule has 2 aromatic rings. The summed E-state index contributed by atoms with van der Waals surface area (Å²) in [5.74, 6) is 0.689. The number of aryl methyl sites for hydroxylation is 1. The van der Waals surface area contributed by atoms with Crippen molar-refractivity contribution in [3.05, 3.63) is 47.2 Å². The average molecular weight is 372 g/mol. The molecule has 1 amide bonds. The van der Waals surface area contributed by atoms with E-state index >= 15 is 0 Å². The molecule has 1 aromatic heterocycles. The van der Waals surface area contributed by atoms with Crippen molar-refractivity contribution >= 4 is 17.7 Å². The molecule has 0 aliphatic carbocycles. The van der Waals surface area contributed by atoms with Crippen LogP contribution >= 0.6 is 0 Å². The smallest absolute Gasteiger partial charge is 0.337 e. The number of piperazine rings is 1. The van der Waals surface area contributed by atoms with Crippen molar-refractivity contribution in [2.75, 3.05) is 45.2 Å². The number of carbonyl (C=O) groups is 2. The van der Waals surface area contributed by atoms with Crippen LogP contribution in [0.2, 0.25) is 0 Å². The minimum Gasteiger partial charge on any atom is -0.465 e. The van der Waals surface area contributed by atoms with Crippen molar-refractivity contribution in [2.45, 2.75) is 13.5 Å². The number of carbonyl (C=O) groups excluding carboxylic acids is 2. The van der Waals surface area contributed by atoms with Gasteiger partial charge in [-0.3, -0.25) is 14.6 Å². The molecule has 1 aromatic carbocycles. The number of nitrogens with one attached hydrogen (secondary N) is 1. The van der Waals surface area contributed by atoms with Crippen molar-refractivity contribution < 1.29 is 18.8 Å². The second kappa shape index (κ2) is 8.79. The molecule has 8 heteroatoms. The van der Waals surface area contributed by atoms with Crippen LogP contribution in [-0.2, 0) is 16.1 Å². The zero-order valence-electron chi connectivity index (χ0n) is 15.6. The van der Waals surface area contributed by atoms with Crippen LogP contribution in [0.5, 0.6) is 0 Å². The van der Waals surface area contributed by atoms with Crippen molar-refractivity contribution in [3.8, 4) is 0 Å². The molecule has 1 fully saturated rings. The molecular weight excluding hydrogens is 348 g/mol. The van der Waals surface area contributed by atoms with Gasteiger partial charge in [0.1, 0.15) is 5.76 Å². The fourth-order valence-electron chi connectivity index (χ4n) is 3.09. The maximum Gasteiger partial charge on any atom is 0.337 e. The van der Waals surface area contributed by atoms with Crippen LogP contribution in [0.1, 0.15) is 21.7 Å². The molecule has 0 unspecified atom stereocenters. The molecule has 27 heavy (non-hydrogen) atoms. The maximum absolute atomic E-state index is 12.1. The highest BCUT2D eigenvalue weighted by Gasteiger charge is 2.20. The first-order valence-corrected chi connectivity index (χ1v) is 8.88. The van der Waals surface area contributed by atoms with Gasteiger partial charge < -0.3 is 14.6 Å². The summed E-state index contributed by atoms with van der Waals surface area (Å²) in [6, 6.07) is 9.19. The second-order valence-electron chi connectivity index (χ2n) is 6.62. The normalized spacial score (nSPS) is 15.5. The van der Waals surface area contributed by atoms with E-state index in [2.05, 4.69) is 20.3 Å². The quantitative estimate of drug-likeness (QED) is 0.769. The number of hydrogen-bond acceptors (Lipinski definition) is 7. The first kappa shape index (κ1) is 19.1. The molecule has 1 aliphatic heterocycles. The lowest BCUT2D eigenvalue weighted by Crippen LogP contribution is -2.48. The Morgan fingerprint density at radius 1 is 1.19 bits per heavy atom. The molecule has 3 rings (SSSR count). The number of benzene rings is 1. The number of aromatic nitrogens is 1. The highest BCUT2D eigenvalue weighted by molar-refractivity contribution is 5.91. The molecule has 0 saturated carbocycles. The summed E-state index contributed by atoms with van der Waals surface area (Å²) < 4.78 is 9.71. The van der Waals surface area contributed by atoms with Gasteiger partial charge in [0.05, 0.1) is 19.2 Å². The van der Waals surface area contributed by atoms with Gasteiger partial charge in [-0.25, -0.2) is 4.79 Å². The van der Waals surface area contributed by atoms with E-state index < -0.39 is 0 Å². The van der Waals surface area contributed by atoms with Gasteiger partial charge in [-0.1, -0.05) is 17.3 Å². The minimum atomic E-state index is -0.324. The summed E-state index contributed by atoms with van der Waals surface area (Å²) in [6.45, 7) is 6.21. The predicted molar refractivity (Wildman–Crippen MR) is 99.4 cm³/mol. The van der Waals surface area contributed by atoms with E-state index in [1.165, 1.54) is 7.11 Å². The third kappa shape index (κ3) is 5.38. The summed E-state index contributed by atoms with van der Waals surface area (Å²) in [5.41, 5.74) is 1.64. The fraction of sp³-hybridized carbons (Fsp3) is 0.421. The number of rotatable bonds is 6. The Labute approximate surface area is 158 Å². The molecule has 1 N–H and O–H groups in total. The summed E-state index contributed by atoms with van der Waals surface area (Å²) in [5, 5.41) is 6.51. The van der Waals surface area contributed by atoms with Crippen molar-refractivity contribution in [1.29, 1.82) is 0 Å². The lowest BCUT2D eigenvalue weighted by atomic mass is 10.1. The van der Waals surface area contributed by atoms with E-state index in [0.29, 0.717) is 23.7 Å². The molecule has 0 radical (unpaired) electrons. The third-order valence-electron chi connectivity index (χ3n) is 4.48. The average Bonchev–Trinajstić information content (AvgIpc) is 3.07. The molecule has 8 nitrogen and oxygen atoms in total. The molecular formula is C19H24N4O4. The highest BCUT2D eigenvalue weighted by atomic mass is 16.5. The van der Waals surface area contributed by atoms with Crippen LogP contribution in [0.15, 0.2) is 34.9 Å². The number of amides is 1. The highest BCUT2D eigenvalue weighted by Crippen LogP contribution is 2.12. The van der Waals surface area contributed by atoms with Crippen LogP contribution in [0.25, 0.3) is 0 Å². The zero-order valence-corrected chi connectivity index (χ0v) is 15.6. The van der Waals surface area contributed by atoms with E-state index in [-0.39, 0.29) is 11.9 Å². The van der Waals surface area contributed by atoms with Gasteiger partial charge in [-0.05, 0) is 24.6 Å². The number of nitrogens with zero attached hydrogens (tertiary/aromatic N) is 3. The Hall–Kier alpha value is -2.71. The molecule has 2 heterocycles. The van der Waals surface area contributed by atoms with Crippen LogP contribution in [-0.4, -0.2) is 66.7 Å². The van der Waals surface area contributed by atoms with Crippen LogP contribution in [0.3, 0.4) is 0 Å². The van der Waals surface area contributed by atoms with Crippen molar-refractivity contribution in [2.24, 2.45) is 0 Å². The van der Waals surface area contributed by atoms with E-state index in [9.17, 15) is 9.59 Å². The summed E-state index contributed by atoms with van der Waals surface area (Å²) in [4.78, 5) is 28.2. The van der Waals surface area contributed by atoms with Crippen LogP contribution in [0.4, 0.5) is 5.82 Å². The van der Waals surface area contributed by atoms with E-state index in [4.69, 9.17) is 9.26 Å². The third-order valence-corrected chi connectivity index (χ3v) is 4.48.